The highest BCUT2D eigenvalue weighted by Gasteiger charge is 2.08. The van der Waals surface area contributed by atoms with Crippen LogP contribution in [0, 0.1) is 0 Å². The molecule has 0 aliphatic carbocycles. The van der Waals surface area contributed by atoms with Gasteiger partial charge < -0.3 is 5.32 Å². The van der Waals surface area contributed by atoms with Gasteiger partial charge in [-0.25, -0.2) is 9.97 Å². The number of amides is 1. The Labute approximate surface area is 122 Å². The zero-order valence-electron chi connectivity index (χ0n) is 11.3. The molecule has 3 aromatic rings. The molecule has 0 saturated heterocycles. The van der Waals surface area contributed by atoms with Gasteiger partial charge in [-0.05, 0) is 18.2 Å². The predicted octanol–water partition coefficient (Wildman–Crippen LogP) is 2.20. The van der Waals surface area contributed by atoms with Crippen LogP contribution in [0.3, 0.4) is 0 Å². The molecule has 1 amide bonds. The van der Waals surface area contributed by atoms with E-state index in [1.807, 2.05) is 41.1 Å². The van der Waals surface area contributed by atoms with E-state index in [4.69, 9.17) is 0 Å². The van der Waals surface area contributed by atoms with Gasteiger partial charge in [0.05, 0.1) is 0 Å². The van der Waals surface area contributed by atoms with Gasteiger partial charge in [0.1, 0.15) is 12.1 Å². The Balaban J connectivity index is 1.76. The quantitative estimate of drug-likeness (QED) is 0.796. The van der Waals surface area contributed by atoms with E-state index in [-0.39, 0.29) is 5.91 Å². The lowest BCUT2D eigenvalue weighted by Crippen LogP contribution is -2.23. The molecule has 0 aliphatic rings. The van der Waals surface area contributed by atoms with E-state index in [0.29, 0.717) is 12.1 Å². The van der Waals surface area contributed by atoms with E-state index in [1.54, 1.807) is 30.9 Å². The summed E-state index contributed by atoms with van der Waals surface area (Å²) in [4.78, 5) is 20.4. The highest BCUT2D eigenvalue weighted by atomic mass is 16.1. The van der Waals surface area contributed by atoms with Crippen LogP contribution < -0.4 is 5.32 Å². The third kappa shape index (κ3) is 2.97. The largest absolute Gasteiger partial charge is 0.348 e. The van der Waals surface area contributed by atoms with Crippen molar-refractivity contribution in [3.63, 3.8) is 0 Å². The van der Waals surface area contributed by atoms with Crippen molar-refractivity contribution in [2.75, 3.05) is 0 Å². The summed E-state index contributed by atoms with van der Waals surface area (Å²) in [6.45, 7) is 0.412. The first-order valence-electron chi connectivity index (χ1n) is 6.60. The average Bonchev–Trinajstić information content (AvgIpc) is 3.08. The third-order valence-corrected chi connectivity index (χ3v) is 3.09. The summed E-state index contributed by atoms with van der Waals surface area (Å²) < 4.78 is 1.82. The van der Waals surface area contributed by atoms with Crippen molar-refractivity contribution in [2.24, 2.45) is 0 Å². The standard InChI is InChI=1S/C16H14N4O/c21-16(13-5-2-1-3-6-13)19-11-14-7-4-8-18-15(14)20-10-9-17-12-20/h1-10,12H,11H2,(H,19,21). The second-order valence-corrected chi connectivity index (χ2v) is 4.50. The summed E-state index contributed by atoms with van der Waals surface area (Å²) in [5, 5.41) is 2.90. The van der Waals surface area contributed by atoms with E-state index in [0.717, 1.165) is 11.4 Å². The number of imidazole rings is 1. The molecule has 0 unspecified atom stereocenters. The van der Waals surface area contributed by atoms with Gasteiger partial charge in [-0.2, -0.15) is 0 Å². The fourth-order valence-electron chi connectivity index (χ4n) is 2.05. The molecular weight excluding hydrogens is 264 g/mol. The zero-order valence-corrected chi connectivity index (χ0v) is 11.3. The van der Waals surface area contributed by atoms with Crippen LogP contribution in [0.15, 0.2) is 67.4 Å². The fourth-order valence-corrected chi connectivity index (χ4v) is 2.05. The highest BCUT2D eigenvalue weighted by molar-refractivity contribution is 5.94. The molecule has 1 N–H and O–H groups in total. The number of hydrogen-bond acceptors (Lipinski definition) is 3. The Morgan fingerprint density at radius 2 is 1.95 bits per heavy atom. The molecule has 0 aliphatic heterocycles. The maximum atomic E-state index is 12.1. The second-order valence-electron chi connectivity index (χ2n) is 4.50. The smallest absolute Gasteiger partial charge is 0.251 e. The molecular formula is C16H14N4O. The molecule has 0 bridgehead atoms. The fraction of sp³-hybridized carbons (Fsp3) is 0.0625. The van der Waals surface area contributed by atoms with Gasteiger partial charge >= 0.3 is 0 Å². The van der Waals surface area contributed by atoms with Crippen LogP contribution in [-0.4, -0.2) is 20.4 Å². The minimum atomic E-state index is -0.101. The molecule has 0 radical (unpaired) electrons. The van der Waals surface area contributed by atoms with Crippen LogP contribution in [-0.2, 0) is 6.54 Å². The number of pyridine rings is 1. The van der Waals surface area contributed by atoms with Crippen molar-refractivity contribution in [1.29, 1.82) is 0 Å². The number of aromatic nitrogens is 3. The lowest BCUT2D eigenvalue weighted by Gasteiger charge is -2.10. The number of carbonyl (C=O) groups is 1. The molecule has 2 aromatic heterocycles. The summed E-state index contributed by atoms with van der Waals surface area (Å²) in [5.74, 6) is 0.666. The first-order chi connectivity index (χ1) is 10.3. The van der Waals surface area contributed by atoms with E-state index in [2.05, 4.69) is 15.3 Å². The van der Waals surface area contributed by atoms with Crippen LogP contribution in [0.4, 0.5) is 0 Å². The van der Waals surface area contributed by atoms with Crippen molar-refractivity contribution < 1.29 is 4.79 Å². The van der Waals surface area contributed by atoms with Crippen molar-refractivity contribution in [3.8, 4) is 5.82 Å². The van der Waals surface area contributed by atoms with E-state index in [9.17, 15) is 4.79 Å². The summed E-state index contributed by atoms with van der Waals surface area (Å²) in [7, 11) is 0. The van der Waals surface area contributed by atoms with Gasteiger partial charge in [0.2, 0.25) is 0 Å². The van der Waals surface area contributed by atoms with E-state index >= 15 is 0 Å². The SMILES string of the molecule is O=C(NCc1cccnc1-n1ccnc1)c1ccccc1. The highest BCUT2D eigenvalue weighted by Crippen LogP contribution is 2.11. The maximum Gasteiger partial charge on any atom is 0.251 e. The van der Waals surface area contributed by atoms with Gasteiger partial charge in [-0.3, -0.25) is 9.36 Å². The molecule has 0 spiro atoms. The van der Waals surface area contributed by atoms with E-state index in [1.165, 1.54) is 0 Å². The number of benzene rings is 1. The number of hydrogen-bond donors (Lipinski definition) is 1. The summed E-state index contributed by atoms with van der Waals surface area (Å²) in [5.41, 5.74) is 1.57. The number of nitrogens with zero attached hydrogens (tertiary/aromatic N) is 3. The topological polar surface area (TPSA) is 59.8 Å². The first-order valence-corrected chi connectivity index (χ1v) is 6.60. The lowest BCUT2D eigenvalue weighted by molar-refractivity contribution is 0.0951. The Morgan fingerprint density at radius 1 is 1.10 bits per heavy atom. The molecule has 1 aromatic carbocycles. The molecule has 3 rings (SSSR count). The number of nitrogens with one attached hydrogen (secondary N) is 1. The van der Waals surface area contributed by atoms with Gasteiger partial charge in [0.25, 0.3) is 5.91 Å². The summed E-state index contributed by atoms with van der Waals surface area (Å²) >= 11 is 0. The Kier molecular flexibility index (Phi) is 3.73. The second kappa shape index (κ2) is 6.00. The van der Waals surface area contributed by atoms with Crippen LogP contribution >= 0.6 is 0 Å². The molecule has 0 saturated carbocycles. The lowest BCUT2D eigenvalue weighted by atomic mass is 10.2. The molecule has 5 heteroatoms. The number of carbonyl (C=O) groups excluding carboxylic acids is 1. The Morgan fingerprint density at radius 3 is 2.71 bits per heavy atom. The third-order valence-electron chi connectivity index (χ3n) is 3.09. The molecule has 0 fully saturated rings. The van der Waals surface area contributed by atoms with Gasteiger partial charge in [-0.1, -0.05) is 24.3 Å². The van der Waals surface area contributed by atoms with Crippen molar-refractivity contribution in [1.82, 2.24) is 19.9 Å². The van der Waals surface area contributed by atoms with Gasteiger partial charge in [0, 0.05) is 36.3 Å². The molecule has 21 heavy (non-hydrogen) atoms. The van der Waals surface area contributed by atoms with Gasteiger partial charge in [0.15, 0.2) is 0 Å². The average molecular weight is 278 g/mol. The van der Waals surface area contributed by atoms with Crippen molar-refractivity contribution in [2.45, 2.75) is 6.54 Å². The van der Waals surface area contributed by atoms with Crippen LogP contribution in [0.5, 0.6) is 0 Å². The summed E-state index contributed by atoms with van der Waals surface area (Å²) in [6.07, 6.45) is 6.93. The van der Waals surface area contributed by atoms with Crippen LogP contribution in [0.1, 0.15) is 15.9 Å². The minimum Gasteiger partial charge on any atom is -0.348 e. The zero-order chi connectivity index (χ0) is 14.5. The molecule has 5 nitrogen and oxygen atoms in total. The van der Waals surface area contributed by atoms with Crippen LogP contribution in [0.25, 0.3) is 5.82 Å². The van der Waals surface area contributed by atoms with Crippen molar-refractivity contribution in [3.05, 3.63) is 78.5 Å². The van der Waals surface area contributed by atoms with Crippen LogP contribution in [0.2, 0.25) is 0 Å². The number of rotatable bonds is 4. The molecule has 2 heterocycles. The maximum absolute atomic E-state index is 12.1. The van der Waals surface area contributed by atoms with Gasteiger partial charge in [-0.15, -0.1) is 0 Å². The predicted molar refractivity (Wildman–Crippen MR) is 79.0 cm³/mol. The first kappa shape index (κ1) is 13.1. The molecule has 104 valence electrons. The van der Waals surface area contributed by atoms with Crippen molar-refractivity contribution >= 4 is 5.91 Å². The monoisotopic (exact) mass is 278 g/mol. The summed E-state index contributed by atoms with van der Waals surface area (Å²) in [6, 6.07) is 12.9. The Hall–Kier alpha value is -2.95. The molecule has 0 atom stereocenters. The van der Waals surface area contributed by atoms with E-state index < -0.39 is 0 Å². The Bertz CT molecular complexity index is 723. The normalized spacial score (nSPS) is 10.3. The minimum absolute atomic E-state index is 0.101.